The third kappa shape index (κ3) is 3.39. The summed E-state index contributed by atoms with van der Waals surface area (Å²) in [6.45, 7) is 4.65. The molecule has 2 aromatic heterocycles. The third-order valence-corrected chi connectivity index (χ3v) is 5.63. The van der Waals surface area contributed by atoms with Gasteiger partial charge >= 0.3 is 0 Å². The zero-order chi connectivity index (χ0) is 15.7. The molecule has 0 aliphatic carbocycles. The van der Waals surface area contributed by atoms with Crippen molar-refractivity contribution in [3.05, 3.63) is 29.0 Å². The first-order valence-electron chi connectivity index (χ1n) is 6.94. The van der Waals surface area contributed by atoms with E-state index in [0.717, 1.165) is 16.3 Å². The quantitative estimate of drug-likeness (QED) is 0.896. The molecule has 9 heteroatoms. The number of hydrogen-bond donors (Lipinski definition) is 1. The van der Waals surface area contributed by atoms with Crippen LogP contribution in [0.2, 0.25) is 0 Å². The van der Waals surface area contributed by atoms with Crippen LogP contribution in [0.3, 0.4) is 0 Å². The summed E-state index contributed by atoms with van der Waals surface area (Å²) in [7, 11) is -3.58. The maximum absolute atomic E-state index is 11.3. The predicted molar refractivity (Wildman–Crippen MR) is 84.5 cm³/mol. The summed E-state index contributed by atoms with van der Waals surface area (Å²) in [6, 6.07) is 3.94. The van der Waals surface area contributed by atoms with Crippen molar-refractivity contribution in [1.29, 1.82) is 0 Å². The summed E-state index contributed by atoms with van der Waals surface area (Å²) in [4.78, 5) is 7.72. The molecule has 0 unspecified atom stereocenters. The molecule has 0 bridgehead atoms. The van der Waals surface area contributed by atoms with E-state index >= 15 is 0 Å². The van der Waals surface area contributed by atoms with Gasteiger partial charge in [-0.15, -0.1) is 11.3 Å². The van der Waals surface area contributed by atoms with Gasteiger partial charge < -0.3 is 4.42 Å². The van der Waals surface area contributed by atoms with E-state index in [1.54, 1.807) is 11.3 Å². The molecule has 2 aromatic rings. The van der Waals surface area contributed by atoms with E-state index in [1.165, 1.54) is 4.31 Å². The number of nitrogens with two attached hydrogens (primary N) is 1. The number of aromatic nitrogens is 1. The fourth-order valence-electron chi connectivity index (χ4n) is 2.43. The maximum Gasteiger partial charge on any atom is 0.276 e. The van der Waals surface area contributed by atoms with Crippen molar-refractivity contribution in [2.75, 3.05) is 26.2 Å². The zero-order valence-electron chi connectivity index (χ0n) is 12.2. The van der Waals surface area contributed by atoms with E-state index in [0.29, 0.717) is 38.6 Å². The summed E-state index contributed by atoms with van der Waals surface area (Å²) in [6.07, 6.45) is 0. The Morgan fingerprint density at radius 2 is 2.09 bits per heavy atom. The number of rotatable bonds is 4. The van der Waals surface area contributed by atoms with Crippen LogP contribution >= 0.6 is 11.3 Å². The van der Waals surface area contributed by atoms with Gasteiger partial charge in [0, 0.05) is 32.7 Å². The summed E-state index contributed by atoms with van der Waals surface area (Å²) < 4.78 is 29.6. The predicted octanol–water partition coefficient (Wildman–Crippen LogP) is 1.03. The van der Waals surface area contributed by atoms with Crippen LogP contribution in [0, 0.1) is 6.92 Å². The van der Waals surface area contributed by atoms with Gasteiger partial charge in [-0.25, -0.2) is 10.1 Å². The Morgan fingerprint density at radius 3 is 2.68 bits per heavy atom. The van der Waals surface area contributed by atoms with Gasteiger partial charge in [0.05, 0.1) is 10.6 Å². The highest BCUT2D eigenvalue weighted by Gasteiger charge is 2.25. The molecular weight excluding hydrogens is 324 g/mol. The van der Waals surface area contributed by atoms with Gasteiger partial charge in [-0.05, 0) is 18.4 Å². The lowest BCUT2D eigenvalue weighted by molar-refractivity contribution is 0.179. The minimum atomic E-state index is -3.58. The van der Waals surface area contributed by atoms with Gasteiger partial charge in [0.2, 0.25) is 5.89 Å². The zero-order valence-corrected chi connectivity index (χ0v) is 13.9. The molecule has 1 fully saturated rings. The Labute approximate surface area is 133 Å². The summed E-state index contributed by atoms with van der Waals surface area (Å²) in [5, 5.41) is 7.13. The fourth-order valence-corrected chi connectivity index (χ4v) is 3.76. The van der Waals surface area contributed by atoms with Crippen molar-refractivity contribution in [3.63, 3.8) is 0 Å². The minimum absolute atomic E-state index is 0.410. The van der Waals surface area contributed by atoms with Crippen LogP contribution in [0.5, 0.6) is 0 Å². The van der Waals surface area contributed by atoms with Crippen LogP contribution in [0.4, 0.5) is 0 Å². The fraction of sp³-hybridized carbons (Fsp3) is 0.462. The monoisotopic (exact) mass is 342 g/mol. The van der Waals surface area contributed by atoms with Gasteiger partial charge in [0.25, 0.3) is 10.2 Å². The van der Waals surface area contributed by atoms with Gasteiger partial charge in [-0.1, -0.05) is 6.07 Å². The minimum Gasteiger partial charge on any atom is -0.440 e. The van der Waals surface area contributed by atoms with E-state index in [1.807, 2.05) is 24.4 Å². The number of hydrogen-bond acceptors (Lipinski definition) is 6. The molecule has 0 aromatic carbocycles. The molecule has 22 heavy (non-hydrogen) atoms. The Kier molecular flexibility index (Phi) is 4.33. The number of piperazine rings is 1. The molecular formula is C13H18N4O3S2. The first kappa shape index (κ1) is 15.6. The van der Waals surface area contributed by atoms with Crippen LogP contribution in [0.15, 0.2) is 21.9 Å². The second-order valence-electron chi connectivity index (χ2n) is 5.22. The molecule has 1 aliphatic heterocycles. The average molecular weight is 342 g/mol. The standard InChI is InChI=1S/C13H18N4O3S2/c1-10-11(15-13(20-10)12-3-2-8-21-12)9-16-4-6-17(7-5-16)22(14,18)19/h2-3,8H,4-7,9H2,1H3,(H2,14,18,19). The maximum atomic E-state index is 11.3. The van der Waals surface area contributed by atoms with E-state index in [-0.39, 0.29) is 0 Å². The molecule has 7 nitrogen and oxygen atoms in total. The van der Waals surface area contributed by atoms with Gasteiger partial charge in [0.1, 0.15) is 5.76 Å². The van der Waals surface area contributed by atoms with Crippen molar-refractivity contribution in [2.24, 2.45) is 5.14 Å². The van der Waals surface area contributed by atoms with Crippen molar-refractivity contribution < 1.29 is 12.8 Å². The van der Waals surface area contributed by atoms with Crippen LogP contribution in [-0.2, 0) is 16.8 Å². The van der Waals surface area contributed by atoms with E-state index in [2.05, 4.69) is 9.88 Å². The third-order valence-electron chi connectivity index (χ3n) is 3.69. The first-order chi connectivity index (χ1) is 10.4. The summed E-state index contributed by atoms with van der Waals surface area (Å²) in [5.41, 5.74) is 0.896. The van der Waals surface area contributed by atoms with Crippen molar-refractivity contribution >= 4 is 21.5 Å². The van der Waals surface area contributed by atoms with E-state index in [9.17, 15) is 8.42 Å². The highest BCUT2D eigenvalue weighted by molar-refractivity contribution is 7.86. The van der Waals surface area contributed by atoms with Gasteiger partial charge in [0.15, 0.2) is 0 Å². The van der Waals surface area contributed by atoms with Crippen molar-refractivity contribution in [1.82, 2.24) is 14.2 Å². The molecule has 0 spiro atoms. The van der Waals surface area contributed by atoms with Crippen molar-refractivity contribution in [3.8, 4) is 10.8 Å². The second kappa shape index (κ2) is 6.09. The van der Waals surface area contributed by atoms with Crippen LogP contribution in [-0.4, -0.2) is 48.8 Å². The SMILES string of the molecule is Cc1oc(-c2cccs2)nc1CN1CCN(S(N)(=O)=O)CC1. The lowest BCUT2D eigenvalue weighted by Crippen LogP contribution is -2.50. The van der Waals surface area contributed by atoms with Crippen molar-refractivity contribution in [2.45, 2.75) is 13.5 Å². The summed E-state index contributed by atoms with van der Waals surface area (Å²) >= 11 is 1.59. The molecule has 2 N–H and O–H groups in total. The molecule has 0 saturated carbocycles. The molecule has 3 heterocycles. The van der Waals surface area contributed by atoms with E-state index < -0.39 is 10.2 Å². The molecule has 3 rings (SSSR count). The lowest BCUT2D eigenvalue weighted by atomic mass is 10.3. The molecule has 0 radical (unpaired) electrons. The topological polar surface area (TPSA) is 92.7 Å². The average Bonchev–Trinajstić information content (AvgIpc) is 3.09. The molecule has 0 atom stereocenters. The first-order valence-corrected chi connectivity index (χ1v) is 9.32. The molecule has 1 aliphatic rings. The molecule has 0 amide bonds. The van der Waals surface area contributed by atoms with Crippen LogP contribution in [0.25, 0.3) is 10.8 Å². The summed E-state index contributed by atoms with van der Waals surface area (Å²) in [5.74, 6) is 1.45. The largest absolute Gasteiger partial charge is 0.440 e. The number of oxazole rings is 1. The highest BCUT2D eigenvalue weighted by atomic mass is 32.2. The highest BCUT2D eigenvalue weighted by Crippen LogP contribution is 2.26. The second-order valence-corrected chi connectivity index (χ2v) is 7.71. The Balaban J connectivity index is 1.65. The van der Waals surface area contributed by atoms with Gasteiger partial charge in [-0.2, -0.15) is 12.7 Å². The number of nitrogens with zero attached hydrogens (tertiary/aromatic N) is 3. The Morgan fingerprint density at radius 1 is 1.36 bits per heavy atom. The van der Waals surface area contributed by atoms with Crippen LogP contribution in [0.1, 0.15) is 11.5 Å². The molecule has 120 valence electrons. The van der Waals surface area contributed by atoms with Crippen LogP contribution < -0.4 is 5.14 Å². The number of aryl methyl sites for hydroxylation is 1. The molecule has 1 saturated heterocycles. The smallest absolute Gasteiger partial charge is 0.276 e. The Hall–Kier alpha value is -1.26. The normalized spacial score (nSPS) is 17.9. The van der Waals surface area contributed by atoms with E-state index in [4.69, 9.17) is 9.56 Å². The lowest BCUT2D eigenvalue weighted by Gasteiger charge is -2.32. The number of thiophene rings is 1. The Bertz CT molecular complexity index is 731. The van der Waals surface area contributed by atoms with Gasteiger partial charge in [-0.3, -0.25) is 4.90 Å².